The number of aliphatic hydroxyl groups is 1. The molecule has 1 amide bonds. The van der Waals surface area contributed by atoms with Crippen molar-refractivity contribution in [2.24, 2.45) is 0 Å². The van der Waals surface area contributed by atoms with Crippen LogP contribution in [0.4, 0.5) is 0 Å². The molecule has 0 saturated heterocycles. The summed E-state index contributed by atoms with van der Waals surface area (Å²) in [5.41, 5.74) is 0.821. The summed E-state index contributed by atoms with van der Waals surface area (Å²) in [5.74, 6) is 1.28. The minimum absolute atomic E-state index is 0.0564. The highest BCUT2D eigenvalue weighted by atomic mass is 16.5. The summed E-state index contributed by atoms with van der Waals surface area (Å²) < 4.78 is 10.4. The molecule has 5 nitrogen and oxygen atoms in total. The maximum atomic E-state index is 11.8. The molecule has 0 saturated carbocycles. The van der Waals surface area contributed by atoms with Crippen molar-refractivity contribution in [2.75, 3.05) is 20.8 Å². The van der Waals surface area contributed by atoms with Crippen molar-refractivity contribution in [2.45, 2.75) is 32.3 Å². The summed E-state index contributed by atoms with van der Waals surface area (Å²) >= 11 is 0. The fourth-order valence-electron chi connectivity index (χ4n) is 1.86. The summed E-state index contributed by atoms with van der Waals surface area (Å²) in [6.07, 6.45) is 1.39. The van der Waals surface area contributed by atoms with Crippen molar-refractivity contribution < 1.29 is 19.4 Å². The van der Waals surface area contributed by atoms with Crippen LogP contribution in [-0.2, 0) is 11.2 Å². The van der Waals surface area contributed by atoms with Gasteiger partial charge in [-0.05, 0) is 25.8 Å². The fraction of sp³-hybridized carbons (Fsp3) is 0.533. The van der Waals surface area contributed by atoms with Gasteiger partial charge in [-0.2, -0.15) is 0 Å². The molecule has 0 spiro atoms. The average molecular weight is 281 g/mol. The Bertz CT molecular complexity index is 432. The van der Waals surface area contributed by atoms with E-state index in [1.807, 2.05) is 6.07 Å². The summed E-state index contributed by atoms with van der Waals surface area (Å²) in [6.45, 7) is 2.31. The number of nitrogens with one attached hydrogen (secondary N) is 1. The van der Waals surface area contributed by atoms with Gasteiger partial charge in [0, 0.05) is 18.2 Å². The second-order valence-corrected chi connectivity index (χ2v) is 4.70. The monoisotopic (exact) mass is 281 g/mol. The van der Waals surface area contributed by atoms with Gasteiger partial charge in [0.1, 0.15) is 11.5 Å². The van der Waals surface area contributed by atoms with E-state index in [0.29, 0.717) is 24.5 Å². The molecule has 0 radical (unpaired) electrons. The van der Waals surface area contributed by atoms with Crippen molar-refractivity contribution in [1.82, 2.24) is 5.32 Å². The van der Waals surface area contributed by atoms with Gasteiger partial charge in [0.15, 0.2) is 0 Å². The van der Waals surface area contributed by atoms with Gasteiger partial charge < -0.3 is 19.9 Å². The molecule has 5 heteroatoms. The van der Waals surface area contributed by atoms with E-state index in [1.54, 1.807) is 33.3 Å². The zero-order chi connectivity index (χ0) is 15.0. The summed E-state index contributed by atoms with van der Waals surface area (Å²) in [4.78, 5) is 11.8. The topological polar surface area (TPSA) is 67.8 Å². The van der Waals surface area contributed by atoms with E-state index in [1.165, 1.54) is 0 Å². The molecular formula is C15H23NO4. The van der Waals surface area contributed by atoms with E-state index in [9.17, 15) is 4.79 Å². The van der Waals surface area contributed by atoms with Gasteiger partial charge in [-0.25, -0.2) is 0 Å². The van der Waals surface area contributed by atoms with Crippen molar-refractivity contribution in [3.05, 3.63) is 23.8 Å². The predicted molar refractivity (Wildman–Crippen MR) is 77.2 cm³/mol. The lowest BCUT2D eigenvalue weighted by atomic mass is 10.1. The van der Waals surface area contributed by atoms with Gasteiger partial charge in [0.05, 0.1) is 26.7 Å². The molecule has 0 aliphatic heterocycles. The lowest BCUT2D eigenvalue weighted by Crippen LogP contribution is -2.26. The van der Waals surface area contributed by atoms with Crippen LogP contribution >= 0.6 is 0 Å². The molecule has 0 bridgehead atoms. The van der Waals surface area contributed by atoms with E-state index >= 15 is 0 Å². The SMILES string of the molecule is COc1ccc(CC(=O)NCCCC(C)O)c(OC)c1. The van der Waals surface area contributed by atoms with E-state index in [-0.39, 0.29) is 18.4 Å². The van der Waals surface area contributed by atoms with Crippen LogP contribution in [0.3, 0.4) is 0 Å². The predicted octanol–water partition coefficient (Wildman–Crippen LogP) is 1.52. The molecule has 0 aliphatic rings. The number of rotatable bonds is 8. The minimum Gasteiger partial charge on any atom is -0.497 e. The molecule has 0 aromatic heterocycles. The number of carbonyl (C=O) groups excluding carboxylic acids is 1. The van der Waals surface area contributed by atoms with Gasteiger partial charge in [-0.3, -0.25) is 4.79 Å². The van der Waals surface area contributed by atoms with E-state index in [2.05, 4.69) is 5.32 Å². The maximum Gasteiger partial charge on any atom is 0.224 e. The molecule has 20 heavy (non-hydrogen) atoms. The van der Waals surface area contributed by atoms with Gasteiger partial charge in [-0.15, -0.1) is 0 Å². The first-order valence-corrected chi connectivity index (χ1v) is 6.72. The number of hydrogen-bond donors (Lipinski definition) is 2. The van der Waals surface area contributed by atoms with Crippen LogP contribution < -0.4 is 14.8 Å². The normalized spacial score (nSPS) is 11.8. The highest BCUT2D eigenvalue weighted by Gasteiger charge is 2.09. The molecule has 1 rings (SSSR count). The summed E-state index contributed by atoms with van der Waals surface area (Å²) in [5, 5.41) is 12.0. The Balaban J connectivity index is 2.49. The first kappa shape index (κ1) is 16.3. The number of ether oxygens (including phenoxy) is 2. The molecule has 0 aliphatic carbocycles. The van der Waals surface area contributed by atoms with Crippen molar-refractivity contribution in [3.8, 4) is 11.5 Å². The first-order valence-electron chi connectivity index (χ1n) is 6.72. The molecule has 0 fully saturated rings. The third kappa shape index (κ3) is 5.48. The Kier molecular flexibility index (Phi) is 6.87. The fourth-order valence-corrected chi connectivity index (χ4v) is 1.86. The van der Waals surface area contributed by atoms with Crippen LogP contribution in [0, 0.1) is 0 Å². The quantitative estimate of drug-likeness (QED) is 0.709. The van der Waals surface area contributed by atoms with Crippen molar-refractivity contribution in [3.63, 3.8) is 0 Å². The largest absolute Gasteiger partial charge is 0.497 e. The van der Waals surface area contributed by atoms with Crippen LogP contribution in [0.1, 0.15) is 25.3 Å². The molecule has 1 aromatic carbocycles. The molecule has 112 valence electrons. The van der Waals surface area contributed by atoms with Gasteiger partial charge >= 0.3 is 0 Å². The van der Waals surface area contributed by atoms with E-state index in [0.717, 1.165) is 12.0 Å². The van der Waals surface area contributed by atoms with Gasteiger partial charge in [-0.1, -0.05) is 6.07 Å². The highest BCUT2D eigenvalue weighted by molar-refractivity contribution is 5.79. The lowest BCUT2D eigenvalue weighted by Gasteiger charge is -2.11. The highest BCUT2D eigenvalue weighted by Crippen LogP contribution is 2.24. The Labute approximate surface area is 119 Å². The molecule has 1 aromatic rings. The Morgan fingerprint density at radius 1 is 1.35 bits per heavy atom. The molecule has 0 heterocycles. The number of hydrogen-bond acceptors (Lipinski definition) is 4. The van der Waals surface area contributed by atoms with Crippen LogP contribution in [0.2, 0.25) is 0 Å². The number of carbonyl (C=O) groups is 1. The maximum absolute atomic E-state index is 11.8. The smallest absolute Gasteiger partial charge is 0.224 e. The second kappa shape index (κ2) is 8.43. The van der Waals surface area contributed by atoms with Crippen molar-refractivity contribution in [1.29, 1.82) is 0 Å². The molecule has 1 unspecified atom stereocenters. The summed E-state index contributed by atoms with van der Waals surface area (Å²) in [6, 6.07) is 5.39. The van der Waals surface area contributed by atoms with Crippen molar-refractivity contribution >= 4 is 5.91 Å². The zero-order valence-electron chi connectivity index (χ0n) is 12.3. The zero-order valence-corrected chi connectivity index (χ0v) is 12.3. The Morgan fingerprint density at radius 3 is 2.70 bits per heavy atom. The third-order valence-electron chi connectivity index (χ3n) is 2.97. The minimum atomic E-state index is -0.325. The average Bonchev–Trinajstić information content (AvgIpc) is 2.43. The summed E-state index contributed by atoms with van der Waals surface area (Å²) in [7, 11) is 3.15. The molecule has 1 atom stereocenters. The van der Waals surface area contributed by atoms with Gasteiger partial charge in [0.25, 0.3) is 0 Å². The number of amides is 1. The molecular weight excluding hydrogens is 258 g/mol. The van der Waals surface area contributed by atoms with Crippen LogP contribution in [0.5, 0.6) is 11.5 Å². The Hall–Kier alpha value is -1.75. The number of aliphatic hydroxyl groups excluding tert-OH is 1. The first-order chi connectivity index (χ1) is 9.56. The van der Waals surface area contributed by atoms with Crippen LogP contribution in [-0.4, -0.2) is 37.9 Å². The third-order valence-corrected chi connectivity index (χ3v) is 2.97. The number of benzene rings is 1. The lowest BCUT2D eigenvalue weighted by molar-refractivity contribution is -0.120. The van der Waals surface area contributed by atoms with Gasteiger partial charge in [0.2, 0.25) is 5.91 Å². The molecule has 2 N–H and O–H groups in total. The van der Waals surface area contributed by atoms with E-state index in [4.69, 9.17) is 14.6 Å². The van der Waals surface area contributed by atoms with E-state index < -0.39 is 0 Å². The van der Waals surface area contributed by atoms with Crippen LogP contribution in [0.15, 0.2) is 18.2 Å². The Morgan fingerprint density at radius 2 is 2.10 bits per heavy atom. The number of methoxy groups -OCH3 is 2. The second-order valence-electron chi connectivity index (χ2n) is 4.70. The standard InChI is InChI=1S/C15H23NO4/c1-11(17)5-4-8-16-15(18)9-12-6-7-13(19-2)10-14(12)20-3/h6-7,10-11,17H,4-5,8-9H2,1-3H3,(H,16,18). The van der Waals surface area contributed by atoms with Crippen LogP contribution in [0.25, 0.3) is 0 Å².